The maximum atomic E-state index is 13.3. The Morgan fingerprint density at radius 1 is 1.00 bits per heavy atom. The second-order valence-corrected chi connectivity index (χ2v) is 8.50. The minimum Gasteiger partial charge on any atom is -0.396 e. The normalized spacial score (nSPS) is 13.1. The Morgan fingerprint density at radius 3 is 2.50 bits per heavy atom. The van der Waals surface area contributed by atoms with E-state index in [1.165, 1.54) is 17.5 Å². The molecule has 0 saturated heterocycles. The summed E-state index contributed by atoms with van der Waals surface area (Å²) in [5.41, 5.74) is 12.9. The molecule has 1 amide bonds. The number of nitrogens with one attached hydrogen (secondary N) is 1. The van der Waals surface area contributed by atoms with E-state index in [-0.39, 0.29) is 5.91 Å². The zero-order chi connectivity index (χ0) is 21.9. The molecule has 5 heteroatoms. The number of hydrogen-bond acceptors (Lipinski definition) is 3. The van der Waals surface area contributed by atoms with Gasteiger partial charge in [0.05, 0.1) is 5.69 Å². The molecule has 0 saturated carbocycles. The fraction of sp³-hybridized carbons (Fsp3) is 0.259. The first-order chi connectivity index (χ1) is 15.7. The number of hydrogen-bond donors (Lipinski definition) is 2. The van der Waals surface area contributed by atoms with E-state index in [0.717, 1.165) is 54.5 Å². The third-order valence-corrected chi connectivity index (χ3v) is 6.29. The molecule has 2 aromatic heterocycles. The van der Waals surface area contributed by atoms with Gasteiger partial charge in [-0.05, 0) is 67.9 Å². The van der Waals surface area contributed by atoms with Gasteiger partial charge in [-0.15, -0.1) is 0 Å². The highest BCUT2D eigenvalue weighted by atomic mass is 16.2. The summed E-state index contributed by atoms with van der Waals surface area (Å²) < 4.78 is 2.03. The summed E-state index contributed by atoms with van der Waals surface area (Å²) >= 11 is 0. The van der Waals surface area contributed by atoms with Crippen molar-refractivity contribution in [2.24, 2.45) is 0 Å². The molecule has 1 aliphatic rings. The molecule has 2 heterocycles. The first kappa shape index (κ1) is 20.3. The van der Waals surface area contributed by atoms with Gasteiger partial charge < -0.3 is 15.6 Å². The molecule has 0 bridgehead atoms. The van der Waals surface area contributed by atoms with E-state index in [1.54, 1.807) is 0 Å². The van der Waals surface area contributed by atoms with Crippen LogP contribution in [0, 0.1) is 0 Å². The van der Waals surface area contributed by atoms with E-state index >= 15 is 0 Å². The number of nitrogens with two attached hydrogens (primary N) is 1. The van der Waals surface area contributed by atoms with Crippen LogP contribution >= 0.6 is 0 Å². The largest absolute Gasteiger partial charge is 0.396 e. The van der Waals surface area contributed by atoms with Gasteiger partial charge in [0.2, 0.25) is 0 Å². The Morgan fingerprint density at radius 2 is 1.72 bits per heavy atom. The fourth-order valence-corrected chi connectivity index (χ4v) is 4.67. The van der Waals surface area contributed by atoms with Crippen LogP contribution in [0.2, 0.25) is 0 Å². The number of rotatable bonds is 6. The van der Waals surface area contributed by atoms with Gasteiger partial charge in [0.25, 0.3) is 5.91 Å². The van der Waals surface area contributed by atoms with E-state index in [0.29, 0.717) is 17.9 Å². The van der Waals surface area contributed by atoms with Crippen molar-refractivity contribution in [2.45, 2.75) is 45.1 Å². The number of amides is 1. The molecule has 5 rings (SSSR count). The third-order valence-electron chi connectivity index (χ3n) is 6.29. The van der Waals surface area contributed by atoms with Crippen LogP contribution < -0.4 is 11.1 Å². The average molecular weight is 425 g/mol. The molecule has 0 fully saturated rings. The van der Waals surface area contributed by atoms with Crippen molar-refractivity contribution in [1.82, 2.24) is 9.55 Å². The van der Waals surface area contributed by atoms with Gasteiger partial charge >= 0.3 is 0 Å². The monoisotopic (exact) mass is 424 g/mol. The summed E-state index contributed by atoms with van der Waals surface area (Å²) in [5.74, 6) is -0.190. The van der Waals surface area contributed by atoms with Crippen LogP contribution in [-0.4, -0.2) is 15.5 Å². The maximum absolute atomic E-state index is 13.3. The quantitative estimate of drug-likeness (QED) is 0.436. The van der Waals surface area contributed by atoms with Crippen LogP contribution in [0.4, 0.5) is 11.4 Å². The van der Waals surface area contributed by atoms with Gasteiger partial charge in [-0.25, -0.2) is 4.98 Å². The molecular formula is C27H28N4O. The number of pyridine rings is 1. The molecule has 0 aliphatic heterocycles. The van der Waals surface area contributed by atoms with Crippen LogP contribution in [0.5, 0.6) is 0 Å². The van der Waals surface area contributed by atoms with Crippen molar-refractivity contribution < 1.29 is 4.79 Å². The maximum Gasteiger partial charge on any atom is 0.274 e. The number of nitrogen functional groups attached to an aromatic ring is 1. The predicted molar refractivity (Wildman–Crippen MR) is 130 cm³/mol. The molecule has 2 aromatic carbocycles. The highest BCUT2D eigenvalue weighted by Crippen LogP contribution is 2.32. The minimum atomic E-state index is -0.190. The van der Waals surface area contributed by atoms with Crippen molar-refractivity contribution in [1.29, 1.82) is 0 Å². The van der Waals surface area contributed by atoms with Crippen molar-refractivity contribution in [3.63, 3.8) is 0 Å². The van der Waals surface area contributed by atoms with Gasteiger partial charge in [-0.1, -0.05) is 48.5 Å². The average Bonchev–Trinajstić information content (AvgIpc) is 3.10. The lowest BCUT2D eigenvalue weighted by Crippen LogP contribution is -2.19. The van der Waals surface area contributed by atoms with Crippen LogP contribution in [-0.2, 0) is 25.8 Å². The molecular weight excluding hydrogens is 396 g/mol. The van der Waals surface area contributed by atoms with E-state index < -0.39 is 0 Å². The Kier molecular flexibility index (Phi) is 5.63. The second-order valence-electron chi connectivity index (χ2n) is 8.50. The van der Waals surface area contributed by atoms with Crippen molar-refractivity contribution in [3.05, 3.63) is 89.2 Å². The SMILES string of the molecule is Nc1c(C(=O)Nc2ccccc2)n(CCCc2ccccc2)c2nc3c(cc12)CCCC3. The number of nitrogens with zero attached hydrogens (tertiary/aromatic N) is 2. The summed E-state index contributed by atoms with van der Waals surface area (Å²) in [6.45, 7) is 0.686. The van der Waals surface area contributed by atoms with Crippen LogP contribution in [0.1, 0.15) is 46.6 Å². The first-order valence-electron chi connectivity index (χ1n) is 11.4. The second kappa shape index (κ2) is 8.87. The smallest absolute Gasteiger partial charge is 0.274 e. The van der Waals surface area contributed by atoms with Crippen molar-refractivity contribution in [2.75, 3.05) is 11.1 Å². The highest BCUT2D eigenvalue weighted by Gasteiger charge is 2.24. The number of benzene rings is 2. The van der Waals surface area contributed by atoms with Gasteiger partial charge in [-0.2, -0.15) is 0 Å². The topological polar surface area (TPSA) is 72.9 Å². The fourth-order valence-electron chi connectivity index (χ4n) is 4.67. The van der Waals surface area contributed by atoms with E-state index in [2.05, 4.69) is 35.6 Å². The van der Waals surface area contributed by atoms with Gasteiger partial charge in [0.15, 0.2) is 0 Å². The molecule has 4 aromatic rings. The molecule has 0 unspecified atom stereocenters. The third kappa shape index (κ3) is 3.98. The summed E-state index contributed by atoms with van der Waals surface area (Å²) in [5, 5.41) is 3.90. The number of carbonyl (C=O) groups excluding carboxylic acids is 1. The summed E-state index contributed by atoms with van der Waals surface area (Å²) in [7, 11) is 0. The number of anilines is 2. The Balaban J connectivity index is 1.53. The van der Waals surface area contributed by atoms with Gasteiger partial charge in [-0.3, -0.25) is 4.79 Å². The number of para-hydroxylation sites is 1. The lowest BCUT2D eigenvalue weighted by molar-refractivity contribution is 0.101. The van der Waals surface area contributed by atoms with E-state index in [9.17, 15) is 4.79 Å². The Hall–Kier alpha value is -3.60. The molecule has 3 N–H and O–H groups in total. The van der Waals surface area contributed by atoms with Gasteiger partial charge in [0.1, 0.15) is 11.3 Å². The zero-order valence-corrected chi connectivity index (χ0v) is 18.2. The summed E-state index contributed by atoms with van der Waals surface area (Å²) in [6, 6.07) is 22.1. The lowest BCUT2D eigenvalue weighted by Gasteiger charge is -2.15. The molecule has 1 aliphatic carbocycles. The summed E-state index contributed by atoms with van der Waals surface area (Å²) in [4.78, 5) is 18.4. The number of aryl methyl sites for hydroxylation is 4. The minimum absolute atomic E-state index is 0.190. The molecule has 162 valence electrons. The number of fused-ring (bicyclic) bond motifs is 2. The molecule has 32 heavy (non-hydrogen) atoms. The molecule has 0 radical (unpaired) electrons. The number of carbonyl (C=O) groups is 1. The van der Waals surface area contributed by atoms with Crippen molar-refractivity contribution >= 4 is 28.3 Å². The molecule has 5 nitrogen and oxygen atoms in total. The van der Waals surface area contributed by atoms with Gasteiger partial charge in [0, 0.05) is 23.3 Å². The first-order valence-corrected chi connectivity index (χ1v) is 11.4. The lowest BCUT2D eigenvalue weighted by atomic mass is 9.95. The number of aromatic nitrogens is 2. The molecule has 0 atom stereocenters. The van der Waals surface area contributed by atoms with Crippen molar-refractivity contribution in [3.8, 4) is 0 Å². The summed E-state index contributed by atoms with van der Waals surface area (Å²) in [6.07, 6.45) is 6.20. The van der Waals surface area contributed by atoms with E-state index in [1.807, 2.05) is 41.0 Å². The van der Waals surface area contributed by atoms with Crippen LogP contribution in [0.15, 0.2) is 66.7 Å². The Labute approximate surface area is 188 Å². The Bertz CT molecular complexity index is 1250. The van der Waals surface area contributed by atoms with Crippen LogP contribution in [0.3, 0.4) is 0 Å². The zero-order valence-electron chi connectivity index (χ0n) is 18.2. The van der Waals surface area contributed by atoms with E-state index in [4.69, 9.17) is 10.7 Å². The van der Waals surface area contributed by atoms with Crippen LogP contribution in [0.25, 0.3) is 11.0 Å². The predicted octanol–water partition coefficient (Wildman–Crippen LogP) is 5.38. The standard InChI is InChI=1S/C27H28N4O/c28-24-22-18-20-13-7-8-16-23(20)30-26(22)31(17-9-12-19-10-3-1-4-11-19)25(24)27(32)29-21-14-5-2-6-15-21/h1-6,10-11,14-15,18H,7-9,12-13,16-17,28H2,(H,29,32). The molecule has 0 spiro atoms. The highest BCUT2D eigenvalue weighted by molar-refractivity contribution is 6.12.